The first-order valence-corrected chi connectivity index (χ1v) is 10.7. The highest BCUT2D eigenvalue weighted by Crippen LogP contribution is 2.31. The summed E-state index contributed by atoms with van der Waals surface area (Å²) in [6.45, 7) is 14.6. The summed E-state index contributed by atoms with van der Waals surface area (Å²) in [5.74, 6) is 0.890. The van der Waals surface area contributed by atoms with Gasteiger partial charge in [-0.05, 0) is 44.2 Å². The Morgan fingerprint density at radius 2 is 1.76 bits per heavy atom. The molecule has 6 heteroatoms. The van der Waals surface area contributed by atoms with Gasteiger partial charge in [0.05, 0.1) is 5.69 Å². The summed E-state index contributed by atoms with van der Waals surface area (Å²) in [6.07, 6.45) is 2.07. The van der Waals surface area contributed by atoms with Crippen LogP contribution in [-0.4, -0.2) is 70.4 Å². The van der Waals surface area contributed by atoms with Gasteiger partial charge in [0.1, 0.15) is 12.4 Å². The van der Waals surface area contributed by atoms with Crippen LogP contribution in [0.3, 0.4) is 0 Å². The number of ether oxygens (including phenoxy) is 1. The first-order chi connectivity index (χ1) is 14.2. The third-order valence-corrected chi connectivity index (χ3v) is 5.81. The van der Waals surface area contributed by atoms with Crippen LogP contribution in [0.2, 0.25) is 0 Å². The molecule has 0 saturated carbocycles. The summed E-state index contributed by atoms with van der Waals surface area (Å²) in [6, 6.07) is 10.3. The van der Waals surface area contributed by atoms with Gasteiger partial charge >= 0.3 is 0 Å². The number of pyridine rings is 1. The molecule has 1 aliphatic heterocycles. The van der Waals surface area contributed by atoms with Gasteiger partial charge in [0.15, 0.2) is 5.65 Å². The maximum absolute atomic E-state index is 6.20. The lowest BCUT2D eigenvalue weighted by atomic mass is 10.1. The van der Waals surface area contributed by atoms with Gasteiger partial charge in [-0.15, -0.1) is 0 Å². The summed E-state index contributed by atoms with van der Waals surface area (Å²) in [7, 11) is 0. The van der Waals surface area contributed by atoms with E-state index in [9.17, 15) is 0 Å². The van der Waals surface area contributed by atoms with Gasteiger partial charge in [-0.25, -0.2) is 4.98 Å². The predicted octanol–water partition coefficient (Wildman–Crippen LogP) is 3.44. The monoisotopic (exact) mass is 393 g/mol. The van der Waals surface area contributed by atoms with Crippen molar-refractivity contribution in [2.45, 2.75) is 27.3 Å². The van der Waals surface area contributed by atoms with E-state index < -0.39 is 0 Å². The van der Waals surface area contributed by atoms with E-state index in [0.717, 1.165) is 73.9 Å². The van der Waals surface area contributed by atoms with Crippen molar-refractivity contribution in [2.24, 2.45) is 0 Å². The number of benzene rings is 1. The topological polar surface area (TPSA) is 46.4 Å². The Morgan fingerprint density at radius 1 is 1.00 bits per heavy atom. The number of aromatic nitrogens is 3. The summed E-state index contributed by atoms with van der Waals surface area (Å²) in [4.78, 5) is 9.81. The van der Waals surface area contributed by atoms with Gasteiger partial charge in [-0.1, -0.05) is 19.1 Å². The zero-order valence-corrected chi connectivity index (χ0v) is 17.8. The van der Waals surface area contributed by atoms with E-state index in [1.54, 1.807) is 0 Å². The summed E-state index contributed by atoms with van der Waals surface area (Å²) >= 11 is 0. The van der Waals surface area contributed by atoms with Gasteiger partial charge in [-0.3, -0.25) is 9.58 Å². The van der Waals surface area contributed by atoms with Crippen LogP contribution in [0, 0.1) is 6.92 Å². The van der Waals surface area contributed by atoms with Crippen LogP contribution in [0.4, 0.5) is 0 Å². The van der Waals surface area contributed by atoms with Crippen molar-refractivity contribution >= 4 is 11.0 Å². The summed E-state index contributed by atoms with van der Waals surface area (Å²) in [5.41, 5.74) is 3.93. The quantitative estimate of drug-likeness (QED) is 0.615. The molecule has 0 amide bonds. The molecule has 0 unspecified atom stereocenters. The van der Waals surface area contributed by atoms with Crippen LogP contribution >= 0.6 is 0 Å². The zero-order chi connectivity index (χ0) is 20.2. The molecule has 154 valence electrons. The molecule has 4 rings (SSSR count). The van der Waals surface area contributed by atoms with Crippen molar-refractivity contribution < 1.29 is 4.74 Å². The fourth-order valence-electron chi connectivity index (χ4n) is 3.92. The van der Waals surface area contributed by atoms with Gasteiger partial charge in [0.2, 0.25) is 0 Å². The normalized spacial score (nSPS) is 15.8. The lowest BCUT2D eigenvalue weighted by Gasteiger charge is -2.33. The SMILES string of the molecule is CCN1CCN(CCOc2ccccc2-c2cc(C)c3cn(CC)nc3n2)CC1. The number of para-hydroxylation sites is 1. The van der Waals surface area contributed by atoms with E-state index in [2.05, 4.69) is 54.0 Å². The second kappa shape index (κ2) is 8.93. The molecule has 0 N–H and O–H groups in total. The number of fused-ring (bicyclic) bond motifs is 1. The standard InChI is InChI=1S/C23H31N5O/c1-4-26-10-12-27(13-11-26)14-15-29-22-9-7-6-8-19(22)21-16-18(3)20-17-28(5-2)25-23(20)24-21/h6-9,16-17H,4-5,10-15H2,1-3H3. The maximum Gasteiger partial charge on any atom is 0.181 e. The molecule has 2 aromatic heterocycles. The van der Waals surface area contributed by atoms with Crippen LogP contribution in [-0.2, 0) is 6.54 Å². The Labute approximate surface area is 173 Å². The minimum Gasteiger partial charge on any atom is -0.492 e. The molecule has 29 heavy (non-hydrogen) atoms. The molecule has 1 aliphatic rings. The van der Waals surface area contributed by atoms with Gasteiger partial charge in [-0.2, -0.15) is 5.10 Å². The minimum atomic E-state index is 0.689. The largest absolute Gasteiger partial charge is 0.492 e. The van der Waals surface area contributed by atoms with Crippen molar-refractivity contribution in [2.75, 3.05) is 45.9 Å². The summed E-state index contributed by atoms with van der Waals surface area (Å²) in [5, 5.41) is 5.71. The highest BCUT2D eigenvalue weighted by Gasteiger charge is 2.16. The first kappa shape index (κ1) is 19.9. The van der Waals surface area contributed by atoms with Crippen LogP contribution in [0.15, 0.2) is 36.5 Å². The van der Waals surface area contributed by atoms with Crippen molar-refractivity contribution in [3.05, 3.63) is 42.1 Å². The van der Waals surface area contributed by atoms with E-state index in [1.165, 1.54) is 5.56 Å². The van der Waals surface area contributed by atoms with E-state index in [1.807, 2.05) is 22.9 Å². The molecule has 0 atom stereocenters. The second-order valence-corrected chi connectivity index (χ2v) is 7.67. The van der Waals surface area contributed by atoms with E-state index in [4.69, 9.17) is 9.72 Å². The fourth-order valence-corrected chi connectivity index (χ4v) is 3.92. The number of nitrogens with zero attached hydrogens (tertiary/aromatic N) is 5. The lowest BCUT2D eigenvalue weighted by molar-refractivity contribution is 0.121. The molecule has 0 radical (unpaired) electrons. The molecule has 3 aromatic rings. The Balaban J connectivity index is 1.48. The molecule has 0 aliphatic carbocycles. The zero-order valence-electron chi connectivity index (χ0n) is 17.8. The Hall–Kier alpha value is -2.44. The number of hydrogen-bond donors (Lipinski definition) is 0. The lowest BCUT2D eigenvalue weighted by Crippen LogP contribution is -2.47. The average molecular weight is 394 g/mol. The van der Waals surface area contributed by atoms with Crippen LogP contribution in [0.1, 0.15) is 19.4 Å². The number of likely N-dealkylation sites (N-methyl/N-ethyl adjacent to an activating group) is 1. The molecule has 0 spiro atoms. The van der Waals surface area contributed by atoms with Crippen molar-refractivity contribution in [1.29, 1.82) is 0 Å². The number of hydrogen-bond acceptors (Lipinski definition) is 5. The van der Waals surface area contributed by atoms with Gasteiger partial charge in [0, 0.05) is 56.4 Å². The minimum absolute atomic E-state index is 0.689. The first-order valence-electron chi connectivity index (χ1n) is 10.7. The third kappa shape index (κ3) is 4.43. The van der Waals surface area contributed by atoms with Gasteiger partial charge < -0.3 is 9.64 Å². The molecular weight excluding hydrogens is 362 g/mol. The molecule has 1 fully saturated rings. The second-order valence-electron chi connectivity index (χ2n) is 7.67. The Kier molecular flexibility index (Phi) is 6.11. The number of rotatable bonds is 7. The highest BCUT2D eigenvalue weighted by molar-refractivity contribution is 5.82. The molecule has 1 aromatic carbocycles. The maximum atomic E-state index is 6.20. The van der Waals surface area contributed by atoms with Gasteiger partial charge in [0.25, 0.3) is 0 Å². The smallest absolute Gasteiger partial charge is 0.181 e. The molecule has 0 bridgehead atoms. The third-order valence-electron chi connectivity index (χ3n) is 5.81. The van der Waals surface area contributed by atoms with E-state index >= 15 is 0 Å². The van der Waals surface area contributed by atoms with E-state index in [0.29, 0.717) is 6.61 Å². The molecule has 1 saturated heterocycles. The molecule has 3 heterocycles. The van der Waals surface area contributed by atoms with Crippen molar-refractivity contribution in [3.8, 4) is 17.0 Å². The van der Waals surface area contributed by atoms with Crippen LogP contribution in [0.5, 0.6) is 5.75 Å². The predicted molar refractivity (Wildman–Crippen MR) is 117 cm³/mol. The van der Waals surface area contributed by atoms with E-state index in [-0.39, 0.29) is 0 Å². The fraction of sp³-hybridized carbons (Fsp3) is 0.478. The average Bonchev–Trinajstić information content (AvgIpc) is 3.19. The highest BCUT2D eigenvalue weighted by atomic mass is 16.5. The van der Waals surface area contributed by atoms with Crippen LogP contribution < -0.4 is 4.74 Å². The van der Waals surface area contributed by atoms with Crippen molar-refractivity contribution in [1.82, 2.24) is 24.6 Å². The molecule has 6 nitrogen and oxygen atoms in total. The molecular formula is C23H31N5O. The number of piperazine rings is 1. The van der Waals surface area contributed by atoms with Crippen molar-refractivity contribution in [3.63, 3.8) is 0 Å². The Bertz CT molecular complexity index is 959. The summed E-state index contributed by atoms with van der Waals surface area (Å²) < 4.78 is 8.14. The van der Waals surface area contributed by atoms with Crippen LogP contribution in [0.25, 0.3) is 22.3 Å². The Morgan fingerprint density at radius 3 is 2.52 bits per heavy atom. The number of aryl methyl sites for hydroxylation is 2.